The van der Waals surface area contributed by atoms with Crippen molar-refractivity contribution < 1.29 is 24.2 Å². The van der Waals surface area contributed by atoms with E-state index >= 15 is 0 Å². The van der Waals surface area contributed by atoms with Gasteiger partial charge in [-0.05, 0) is 76.2 Å². The summed E-state index contributed by atoms with van der Waals surface area (Å²) in [5.41, 5.74) is 1.46. The minimum Gasteiger partial charge on any atom is -0.550 e. The van der Waals surface area contributed by atoms with Crippen molar-refractivity contribution in [3.8, 4) is 0 Å². The predicted octanol–water partition coefficient (Wildman–Crippen LogP) is 2.54. The average molecular weight is 405 g/mol. The van der Waals surface area contributed by atoms with Crippen LogP contribution in [0, 0.1) is 23.7 Å². The highest BCUT2D eigenvalue weighted by molar-refractivity contribution is 7.17. The maximum Gasteiger partial charge on any atom is 0.341 e. The summed E-state index contributed by atoms with van der Waals surface area (Å²) in [7, 11) is 0. The Morgan fingerprint density at radius 1 is 1.11 bits per heavy atom. The second kappa shape index (κ2) is 7.50. The van der Waals surface area contributed by atoms with E-state index in [4.69, 9.17) is 4.74 Å². The van der Waals surface area contributed by atoms with Crippen LogP contribution in [0.1, 0.15) is 66.8 Å². The van der Waals surface area contributed by atoms with Crippen molar-refractivity contribution in [3.05, 3.63) is 16.0 Å². The number of aliphatic carboxylic acids is 1. The summed E-state index contributed by atoms with van der Waals surface area (Å²) >= 11 is 1.44. The van der Waals surface area contributed by atoms with E-state index in [0.29, 0.717) is 10.6 Å². The number of carbonyl (C=O) groups excluding carboxylic acids is 3. The fraction of sp³-hybridized carbons (Fsp3) is 0.667. The van der Waals surface area contributed by atoms with Gasteiger partial charge in [0, 0.05) is 22.7 Å². The van der Waals surface area contributed by atoms with Gasteiger partial charge in [0.15, 0.2) is 0 Å². The quantitative estimate of drug-likeness (QED) is 0.761. The molecule has 4 atom stereocenters. The first-order chi connectivity index (χ1) is 13.4. The van der Waals surface area contributed by atoms with Gasteiger partial charge >= 0.3 is 5.97 Å². The van der Waals surface area contributed by atoms with Crippen LogP contribution in [0.3, 0.4) is 0 Å². The van der Waals surface area contributed by atoms with Gasteiger partial charge in [-0.2, -0.15) is 0 Å². The maximum atomic E-state index is 13.1. The zero-order valence-electron chi connectivity index (χ0n) is 16.3. The number of carbonyl (C=O) groups is 3. The van der Waals surface area contributed by atoms with E-state index in [1.807, 2.05) is 0 Å². The Hall–Kier alpha value is -1.89. The number of esters is 1. The molecule has 6 nitrogen and oxygen atoms in total. The van der Waals surface area contributed by atoms with Gasteiger partial charge in [0.2, 0.25) is 5.91 Å². The van der Waals surface area contributed by atoms with Crippen LogP contribution in [0.25, 0.3) is 0 Å². The molecule has 0 saturated heterocycles. The molecule has 0 unspecified atom stereocenters. The Kier molecular flexibility index (Phi) is 5.21. The number of carboxylic acids is 1. The minimum absolute atomic E-state index is 0.0349. The van der Waals surface area contributed by atoms with Crippen molar-refractivity contribution in [2.75, 3.05) is 5.32 Å². The standard InChI is InChI=1S/C21H27NO5S/c1-10(2)27-21(26)17-13-5-3-4-6-14(13)28-19(17)22-18(23)15-11-7-8-12(9-11)16(15)20(24)25/h10-12,15-16H,3-9H2,1-2H3,(H,22,23)(H,24,25)/p-1/t11-,12+,15+,16+/m1/s1. The molecule has 0 radical (unpaired) electrons. The molecule has 1 heterocycles. The lowest BCUT2D eigenvalue weighted by Crippen LogP contribution is -2.44. The van der Waals surface area contributed by atoms with E-state index in [1.54, 1.807) is 13.8 Å². The van der Waals surface area contributed by atoms with Gasteiger partial charge in [0.25, 0.3) is 0 Å². The lowest BCUT2D eigenvalue weighted by Gasteiger charge is -2.30. The average Bonchev–Trinajstić information content (AvgIpc) is 3.32. The van der Waals surface area contributed by atoms with Crippen LogP contribution in [0.2, 0.25) is 0 Å². The van der Waals surface area contributed by atoms with E-state index in [1.165, 1.54) is 11.3 Å². The Bertz CT molecular complexity index is 814. The fourth-order valence-corrected chi connectivity index (χ4v) is 6.63. The normalized spacial score (nSPS) is 28.2. The summed E-state index contributed by atoms with van der Waals surface area (Å²) < 4.78 is 5.43. The molecule has 1 N–H and O–H groups in total. The summed E-state index contributed by atoms with van der Waals surface area (Å²) in [6.45, 7) is 3.60. The zero-order valence-corrected chi connectivity index (χ0v) is 17.1. The molecule has 4 rings (SSSR count). The van der Waals surface area contributed by atoms with Crippen molar-refractivity contribution >= 4 is 34.2 Å². The summed E-state index contributed by atoms with van der Waals surface area (Å²) in [5.74, 6) is -3.00. The molecule has 3 aliphatic carbocycles. The largest absolute Gasteiger partial charge is 0.550 e. The van der Waals surface area contributed by atoms with Crippen molar-refractivity contribution in [1.82, 2.24) is 0 Å². The monoisotopic (exact) mass is 404 g/mol. The third kappa shape index (κ3) is 3.34. The SMILES string of the molecule is CC(C)OC(=O)c1c(NC(=O)[C@H]2[C@@H]3CC[C@@H](C3)[C@@H]2C(=O)[O-])sc2c1CCCC2. The van der Waals surface area contributed by atoms with Crippen molar-refractivity contribution in [3.63, 3.8) is 0 Å². The smallest absolute Gasteiger partial charge is 0.341 e. The van der Waals surface area contributed by atoms with E-state index in [9.17, 15) is 19.5 Å². The number of rotatable bonds is 5. The number of amides is 1. The molecule has 1 aromatic heterocycles. The molecular weight excluding hydrogens is 378 g/mol. The molecule has 152 valence electrons. The van der Waals surface area contributed by atoms with Crippen LogP contribution < -0.4 is 10.4 Å². The van der Waals surface area contributed by atoms with E-state index in [-0.39, 0.29) is 23.8 Å². The number of anilines is 1. The molecule has 3 aliphatic rings. The first-order valence-electron chi connectivity index (χ1n) is 10.2. The van der Waals surface area contributed by atoms with Gasteiger partial charge in [-0.3, -0.25) is 4.79 Å². The first kappa shape index (κ1) is 19.4. The number of hydrogen-bond donors (Lipinski definition) is 1. The van der Waals surface area contributed by atoms with Gasteiger partial charge in [-0.15, -0.1) is 11.3 Å². The summed E-state index contributed by atoms with van der Waals surface area (Å²) in [4.78, 5) is 38.6. The van der Waals surface area contributed by atoms with Crippen LogP contribution in [-0.2, 0) is 27.2 Å². The van der Waals surface area contributed by atoms with E-state index in [2.05, 4.69) is 5.32 Å². The zero-order chi connectivity index (χ0) is 20.0. The Morgan fingerprint density at radius 3 is 2.46 bits per heavy atom. The summed E-state index contributed by atoms with van der Waals surface area (Å²) in [6, 6.07) is 0. The highest BCUT2D eigenvalue weighted by Crippen LogP contribution is 2.52. The Balaban J connectivity index is 1.62. The third-order valence-electron chi connectivity index (χ3n) is 6.45. The number of fused-ring (bicyclic) bond motifs is 3. The Morgan fingerprint density at radius 2 is 1.79 bits per heavy atom. The van der Waals surface area contributed by atoms with E-state index < -0.39 is 23.8 Å². The van der Waals surface area contributed by atoms with Crippen molar-refractivity contribution in [2.24, 2.45) is 23.7 Å². The van der Waals surface area contributed by atoms with Crippen molar-refractivity contribution in [1.29, 1.82) is 0 Å². The van der Waals surface area contributed by atoms with Crippen LogP contribution in [0.4, 0.5) is 5.00 Å². The molecule has 0 spiro atoms. The summed E-state index contributed by atoms with van der Waals surface area (Å²) in [5, 5.41) is 15.1. The molecular formula is C21H26NO5S-. The number of thiophene rings is 1. The molecule has 2 bridgehead atoms. The molecule has 7 heteroatoms. The fourth-order valence-electron chi connectivity index (χ4n) is 5.35. The first-order valence-corrected chi connectivity index (χ1v) is 11.1. The number of aryl methyl sites for hydroxylation is 1. The predicted molar refractivity (Wildman–Crippen MR) is 103 cm³/mol. The van der Waals surface area contributed by atoms with Gasteiger partial charge in [0.05, 0.1) is 11.7 Å². The second-order valence-electron chi connectivity index (χ2n) is 8.56. The van der Waals surface area contributed by atoms with Crippen LogP contribution in [0.5, 0.6) is 0 Å². The molecule has 0 aromatic carbocycles. The van der Waals surface area contributed by atoms with Crippen LogP contribution >= 0.6 is 11.3 Å². The highest BCUT2D eigenvalue weighted by atomic mass is 32.1. The number of ether oxygens (including phenoxy) is 1. The summed E-state index contributed by atoms with van der Waals surface area (Å²) in [6.07, 6.45) is 6.05. The van der Waals surface area contributed by atoms with Gasteiger partial charge in [-0.1, -0.05) is 0 Å². The third-order valence-corrected chi connectivity index (χ3v) is 7.65. The van der Waals surface area contributed by atoms with Gasteiger partial charge in [-0.25, -0.2) is 4.79 Å². The Labute approximate surface area is 168 Å². The highest BCUT2D eigenvalue weighted by Gasteiger charge is 2.51. The lowest BCUT2D eigenvalue weighted by atomic mass is 9.78. The topological polar surface area (TPSA) is 95.5 Å². The second-order valence-corrected chi connectivity index (χ2v) is 9.67. The molecule has 2 fully saturated rings. The lowest BCUT2D eigenvalue weighted by molar-refractivity contribution is -0.314. The molecule has 1 amide bonds. The molecule has 0 aliphatic heterocycles. The van der Waals surface area contributed by atoms with E-state index in [0.717, 1.165) is 55.4 Å². The molecule has 2 saturated carbocycles. The van der Waals surface area contributed by atoms with Gasteiger partial charge in [0.1, 0.15) is 5.00 Å². The number of hydrogen-bond acceptors (Lipinski definition) is 6. The van der Waals surface area contributed by atoms with Crippen LogP contribution in [-0.4, -0.2) is 23.9 Å². The van der Waals surface area contributed by atoms with Gasteiger partial charge < -0.3 is 20.0 Å². The minimum atomic E-state index is -1.13. The molecule has 28 heavy (non-hydrogen) atoms. The van der Waals surface area contributed by atoms with Crippen molar-refractivity contribution in [2.45, 2.75) is 64.9 Å². The maximum absolute atomic E-state index is 13.1. The number of nitrogens with one attached hydrogen (secondary N) is 1. The van der Waals surface area contributed by atoms with Crippen LogP contribution in [0.15, 0.2) is 0 Å². The number of carboxylic acid groups (broad SMARTS) is 1. The molecule has 1 aromatic rings.